The van der Waals surface area contributed by atoms with Gasteiger partial charge in [-0.05, 0) is 42.8 Å². The average Bonchev–Trinajstić information content (AvgIpc) is 3.17. The van der Waals surface area contributed by atoms with E-state index in [1.807, 2.05) is 41.1 Å². The quantitative estimate of drug-likeness (QED) is 0.490. The Morgan fingerprint density at radius 2 is 1.59 bits per heavy atom. The van der Waals surface area contributed by atoms with E-state index in [0.717, 1.165) is 62.4 Å². The Hall–Kier alpha value is -3.22. The van der Waals surface area contributed by atoms with E-state index < -0.39 is 0 Å². The van der Waals surface area contributed by atoms with Crippen LogP contribution in [0.5, 0.6) is 0 Å². The molecule has 0 bridgehead atoms. The molecule has 0 radical (unpaired) electrons. The van der Waals surface area contributed by atoms with Crippen molar-refractivity contribution < 1.29 is 0 Å². The van der Waals surface area contributed by atoms with Crippen LogP contribution in [0, 0.1) is 0 Å². The van der Waals surface area contributed by atoms with Crippen molar-refractivity contribution in [2.75, 3.05) is 32.7 Å². The molecule has 1 N–H and O–H groups in total. The summed E-state index contributed by atoms with van der Waals surface area (Å²) in [6, 6.07) is 24.9. The lowest BCUT2D eigenvalue weighted by Gasteiger charge is -2.39. The van der Waals surface area contributed by atoms with E-state index in [9.17, 15) is 4.79 Å². The van der Waals surface area contributed by atoms with E-state index >= 15 is 0 Å². The number of fused-ring (bicyclic) bond motifs is 1. The molecule has 2 aromatic carbocycles. The van der Waals surface area contributed by atoms with Crippen LogP contribution in [0.1, 0.15) is 23.7 Å². The van der Waals surface area contributed by atoms with Crippen molar-refractivity contribution in [1.82, 2.24) is 24.3 Å². The molecule has 5 rings (SSSR count). The van der Waals surface area contributed by atoms with Crippen LogP contribution in [0.25, 0.3) is 11.0 Å². The maximum atomic E-state index is 12.3. The van der Waals surface area contributed by atoms with Gasteiger partial charge in [-0.2, -0.15) is 0 Å². The van der Waals surface area contributed by atoms with Gasteiger partial charge >= 0.3 is 5.69 Å². The number of benzene rings is 2. The molecule has 1 unspecified atom stereocenters. The Bertz CT molecular complexity index is 1150. The van der Waals surface area contributed by atoms with Crippen molar-refractivity contribution >= 4 is 11.0 Å². The first-order valence-electron chi connectivity index (χ1n) is 11.4. The van der Waals surface area contributed by atoms with Gasteiger partial charge in [0.25, 0.3) is 0 Å². The monoisotopic (exact) mass is 427 g/mol. The lowest BCUT2D eigenvalue weighted by atomic mass is 10.0. The highest BCUT2D eigenvalue weighted by Crippen LogP contribution is 2.28. The number of nitrogens with one attached hydrogen (secondary N) is 1. The van der Waals surface area contributed by atoms with E-state index in [1.165, 1.54) is 5.56 Å². The largest absolute Gasteiger partial charge is 0.326 e. The maximum absolute atomic E-state index is 12.3. The Kier molecular flexibility index (Phi) is 6.14. The minimum absolute atomic E-state index is 0.0166. The Morgan fingerprint density at radius 3 is 2.38 bits per heavy atom. The minimum Gasteiger partial charge on any atom is -0.306 e. The number of hydrogen-bond acceptors (Lipinski definition) is 4. The van der Waals surface area contributed by atoms with Crippen LogP contribution in [0.3, 0.4) is 0 Å². The second kappa shape index (κ2) is 9.51. The summed E-state index contributed by atoms with van der Waals surface area (Å²) in [4.78, 5) is 25.0. The fourth-order valence-corrected chi connectivity index (χ4v) is 4.77. The molecule has 1 fully saturated rings. The number of H-pyrrole nitrogens is 1. The van der Waals surface area contributed by atoms with E-state index in [4.69, 9.17) is 0 Å². The zero-order chi connectivity index (χ0) is 21.8. The summed E-state index contributed by atoms with van der Waals surface area (Å²) < 4.78 is 1.86. The molecule has 6 nitrogen and oxygen atoms in total. The number of rotatable bonds is 7. The number of piperazine rings is 1. The third-order valence-corrected chi connectivity index (χ3v) is 6.39. The Morgan fingerprint density at radius 1 is 0.844 bits per heavy atom. The van der Waals surface area contributed by atoms with Gasteiger partial charge in [-0.1, -0.05) is 48.5 Å². The number of hydrogen-bond donors (Lipinski definition) is 1. The number of aromatic nitrogens is 3. The second-order valence-electron chi connectivity index (χ2n) is 8.40. The summed E-state index contributed by atoms with van der Waals surface area (Å²) in [6.07, 6.45) is 2.85. The normalized spacial score (nSPS) is 16.4. The molecule has 0 amide bonds. The third-order valence-electron chi connectivity index (χ3n) is 6.39. The molecule has 1 aliphatic rings. The summed E-state index contributed by atoms with van der Waals surface area (Å²) in [6.45, 7) is 5.80. The summed E-state index contributed by atoms with van der Waals surface area (Å²) in [7, 11) is 0. The van der Waals surface area contributed by atoms with Crippen molar-refractivity contribution in [1.29, 1.82) is 0 Å². The molecule has 32 heavy (non-hydrogen) atoms. The molecule has 0 saturated carbocycles. The summed E-state index contributed by atoms with van der Waals surface area (Å²) in [5, 5.41) is 0. The maximum Gasteiger partial charge on any atom is 0.326 e. The van der Waals surface area contributed by atoms with Crippen LogP contribution in [-0.2, 0) is 6.54 Å². The summed E-state index contributed by atoms with van der Waals surface area (Å²) >= 11 is 0. The van der Waals surface area contributed by atoms with Gasteiger partial charge in [0, 0.05) is 38.9 Å². The van der Waals surface area contributed by atoms with Gasteiger partial charge in [-0.3, -0.25) is 14.5 Å². The number of pyridine rings is 1. The fourth-order valence-electron chi connectivity index (χ4n) is 4.77. The first-order valence-corrected chi connectivity index (χ1v) is 11.4. The summed E-state index contributed by atoms with van der Waals surface area (Å²) in [5.74, 6) is 0. The molecule has 1 aliphatic heterocycles. The van der Waals surface area contributed by atoms with Crippen LogP contribution >= 0.6 is 0 Å². The van der Waals surface area contributed by atoms with Gasteiger partial charge in [0.1, 0.15) is 0 Å². The molecular formula is C26H29N5O. The van der Waals surface area contributed by atoms with Gasteiger partial charge in [0.05, 0.1) is 22.8 Å². The SMILES string of the molecule is O=c1[nH]c2ccccc2n1CCCN1CCN(C(c2ccccc2)c2ccccn2)CC1. The lowest BCUT2D eigenvalue weighted by molar-refractivity contribution is 0.106. The highest BCUT2D eigenvalue weighted by Gasteiger charge is 2.27. The molecule has 0 spiro atoms. The summed E-state index contributed by atoms with van der Waals surface area (Å²) in [5.41, 5.74) is 4.28. The number of imidazole rings is 1. The van der Waals surface area contributed by atoms with Crippen LogP contribution in [0.4, 0.5) is 0 Å². The number of aromatic amines is 1. The standard InChI is InChI=1S/C26H29N5O/c32-26-28-22-11-4-5-13-24(22)31(26)16-8-15-29-17-19-30(20-18-29)25(21-9-2-1-3-10-21)23-12-6-7-14-27-23/h1-7,9-14,25H,8,15-20H2,(H,28,32). The van der Waals surface area contributed by atoms with Crippen molar-refractivity contribution in [2.24, 2.45) is 0 Å². The van der Waals surface area contributed by atoms with E-state index in [2.05, 4.69) is 62.2 Å². The van der Waals surface area contributed by atoms with Gasteiger partial charge in [0.2, 0.25) is 0 Å². The minimum atomic E-state index is -0.0166. The zero-order valence-electron chi connectivity index (χ0n) is 18.2. The number of para-hydroxylation sites is 2. The third kappa shape index (κ3) is 4.38. The van der Waals surface area contributed by atoms with Gasteiger partial charge in [-0.25, -0.2) is 4.79 Å². The zero-order valence-corrected chi connectivity index (χ0v) is 18.2. The van der Waals surface area contributed by atoms with E-state index in [-0.39, 0.29) is 11.7 Å². The average molecular weight is 428 g/mol. The molecule has 3 heterocycles. The predicted molar refractivity (Wildman–Crippen MR) is 128 cm³/mol. The van der Waals surface area contributed by atoms with E-state index in [1.54, 1.807) is 0 Å². The molecule has 0 aliphatic carbocycles. The topological polar surface area (TPSA) is 57.2 Å². The van der Waals surface area contributed by atoms with Gasteiger partial charge < -0.3 is 9.88 Å². The highest BCUT2D eigenvalue weighted by atomic mass is 16.1. The number of aryl methyl sites for hydroxylation is 1. The fraction of sp³-hybridized carbons (Fsp3) is 0.308. The Balaban J connectivity index is 1.20. The molecule has 2 aromatic heterocycles. The van der Waals surface area contributed by atoms with Crippen LogP contribution in [0.2, 0.25) is 0 Å². The Labute approximate surface area is 188 Å². The van der Waals surface area contributed by atoms with Crippen LogP contribution in [0.15, 0.2) is 83.8 Å². The van der Waals surface area contributed by atoms with Gasteiger partial charge in [0.15, 0.2) is 0 Å². The molecule has 6 heteroatoms. The molecule has 4 aromatic rings. The van der Waals surface area contributed by atoms with Crippen molar-refractivity contribution in [3.05, 3.63) is 101 Å². The molecular weight excluding hydrogens is 398 g/mol. The first-order chi connectivity index (χ1) is 15.8. The molecule has 1 atom stereocenters. The highest BCUT2D eigenvalue weighted by molar-refractivity contribution is 5.74. The molecule has 164 valence electrons. The first kappa shape index (κ1) is 20.7. The number of nitrogens with zero attached hydrogens (tertiary/aromatic N) is 4. The lowest BCUT2D eigenvalue weighted by Crippen LogP contribution is -2.48. The van der Waals surface area contributed by atoms with Crippen LogP contribution < -0.4 is 5.69 Å². The predicted octanol–water partition coefficient (Wildman–Crippen LogP) is 3.52. The van der Waals surface area contributed by atoms with Crippen LogP contribution in [-0.4, -0.2) is 57.1 Å². The molecule has 1 saturated heterocycles. The van der Waals surface area contributed by atoms with Crippen molar-refractivity contribution in [3.63, 3.8) is 0 Å². The van der Waals surface area contributed by atoms with E-state index in [0.29, 0.717) is 0 Å². The van der Waals surface area contributed by atoms with Crippen molar-refractivity contribution in [3.8, 4) is 0 Å². The van der Waals surface area contributed by atoms with Gasteiger partial charge in [-0.15, -0.1) is 0 Å². The van der Waals surface area contributed by atoms with Crippen molar-refractivity contribution in [2.45, 2.75) is 19.0 Å². The smallest absolute Gasteiger partial charge is 0.306 e. The second-order valence-corrected chi connectivity index (χ2v) is 8.40.